The van der Waals surface area contributed by atoms with Gasteiger partial charge in [-0.25, -0.2) is 4.79 Å². The molecular weight excluding hydrogens is 482 g/mol. The summed E-state index contributed by atoms with van der Waals surface area (Å²) in [5, 5.41) is 11.9. The Morgan fingerprint density at radius 2 is 1.68 bits per heavy atom. The first kappa shape index (κ1) is 25.6. The fourth-order valence-electron chi connectivity index (χ4n) is 4.07. The molecule has 10 nitrogen and oxygen atoms in total. The second-order valence-corrected chi connectivity index (χ2v) is 7.92. The van der Waals surface area contributed by atoms with E-state index in [9.17, 15) is 14.7 Å². The number of hydrogen-bond donors (Lipinski definition) is 2. The van der Waals surface area contributed by atoms with Crippen LogP contribution < -0.4 is 33.7 Å². The van der Waals surface area contributed by atoms with Crippen molar-refractivity contribution in [2.75, 3.05) is 41.3 Å². The molecule has 2 N–H and O–H groups in total. The van der Waals surface area contributed by atoms with E-state index in [0.29, 0.717) is 11.5 Å². The highest BCUT2D eigenvalue weighted by atomic mass is 16.7. The van der Waals surface area contributed by atoms with Gasteiger partial charge in [0.25, 0.3) is 5.91 Å². The molecule has 0 fully saturated rings. The minimum absolute atomic E-state index is 0.0258. The first-order chi connectivity index (χ1) is 17.9. The number of hydrogen-bond acceptors (Lipinski definition) is 9. The van der Waals surface area contributed by atoms with E-state index in [2.05, 4.69) is 5.32 Å². The second-order valence-electron chi connectivity index (χ2n) is 7.92. The zero-order valence-corrected chi connectivity index (χ0v) is 20.9. The maximum absolute atomic E-state index is 13.7. The summed E-state index contributed by atoms with van der Waals surface area (Å²) in [6.07, 6.45) is 0. The molecule has 0 spiro atoms. The summed E-state index contributed by atoms with van der Waals surface area (Å²) < 4.78 is 33.8. The first-order valence-corrected chi connectivity index (χ1v) is 11.4. The monoisotopic (exact) mass is 509 g/mol. The fraction of sp³-hybridized carbons (Fsp3) is 0.259. The number of rotatable bonds is 9. The highest BCUT2D eigenvalue weighted by Crippen LogP contribution is 2.53. The zero-order valence-electron chi connectivity index (χ0n) is 20.9. The van der Waals surface area contributed by atoms with Gasteiger partial charge in [0.1, 0.15) is 5.75 Å². The number of aliphatic hydroxyl groups excluding tert-OH is 1. The van der Waals surface area contributed by atoms with Crippen LogP contribution in [0.2, 0.25) is 0 Å². The van der Waals surface area contributed by atoms with Crippen molar-refractivity contribution in [1.29, 1.82) is 0 Å². The normalized spacial score (nSPS) is 11.6. The maximum atomic E-state index is 13.7. The van der Waals surface area contributed by atoms with Gasteiger partial charge < -0.3 is 38.8 Å². The molecule has 4 rings (SSSR count). The Hall–Kier alpha value is -4.44. The number of para-hydroxylation sites is 1. The molecule has 0 saturated carbocycles. The Kier molecular flexibility index (Phi) is 7.69. The smallest absolute Gasteiger partial charge is 0.344 e. The van der Waals surface area contributed by atoms with Crippen LogP contribution in [-0.4, -0.2) is 58.3 Å². The van der Waals surface area contributed by atoms with Crippen molar-refractivity contribution in [2.24, 2.45) is 0 Å². The number of benzene rings is 3. The number of fused-ring (bicyclic) bond motifs is 1. The Morgan fingerprint density at radius 3 is 2.35 bits per heavy atom. The van der Waals surface area contributed by atoms with Crippen LogP contribution in [0.4, 0.5) is 0 Å². The molecule has 0 aliphatic carbocycles. The molecule has 3 aromatic carbocycles. The molecule has 0 bridgehead atoms. The van der Waals surface area contributed by atoms with Crippen LogP contribution in [0.5, 0.6) is 34.5 Å². The minimum Gasteiger partial charge on any atom is -0.493 e. The number of esters is 1. The largest absolute Gasteiger partial charge is 0.493 e. The van der Waals surface area contributed by atoms with Gasteiger partial charge in [0.05, 0.1) is 39.1 Å². The van der Waals surface area contributed by atoms with Crippen LogP contribution in [0.15, 0.2) is 42.5 Å². The maximum Gasteiger partial charge on any atom is 0.344 e. The minimum atomic E-state index is -0.721. The van der Waals surface area contributed by atoms with E-state index in [1.54, 1.807) is 24.3 Å². The molecule has 194 valence electrons. The van der Waals surface area contributed by atoms with E-state index in [1.807, 2.05) is 19.1 Å². The highest BCUT2D eigenvalue weighted by molar-refractivity contribution is 6.09. The van der Waals surface area contributed by atoms with Crippen molar-refractivity contribution < 1.29 is 43.1 Å². The Bertz CT molecular complexity index is 1340. The zero-order chi connectivity index (χ0) is 26.5. The van der Waals surface area contributed by atoms with E-state index in [-0.39, 0.29) is 65.2 Å². The summed E-state index contributed by atoms with van der Waals surface area (Å²) in [4.78, 5) is 26.8. The lowest BCUT2D eigenvalue weighted by molar-refractivity contribution is 0.0733. The van der Waals surface area contributed by atoms with Gasteiger partial charge in [-0.05, 0) is 36.8 Å². The van der Waals surface area contributed by atoms with Crippen molar-refractivity contribution in [1.82, 2.24) is 5.32 Å². The molecule has 37 heavy (non-hydrogen) atoms. The van der Waals surface area contributed by atoms with Crippen LogP contribution in [0.3, 0.4) is 0 Å². The average Bonchev–Trinajstić information content (AvgIpc) is 3.40. The lowest BCUT2D eigenvalue weighted by atomic mass is 9.91. The number of nitrogens with one attached hydrogen (secondary N) is 1. The highest BCUT2D eigenvalue weighted by Gasteiger charge is 2.34. The topological polar surface area (TPSA) is 122 Å². The number of carbonyl (C=O) groups is 2. The molecule has 1 amide bonds. The van der Waals surface area contributed by atoms with Gasteiger partial charge in [-0.3, -0.25) is 4.79 Å². The van der Waals surface area contributed by atoms with Gasteiger partial charge in [0, 0.05) is 17.7 Å². The Labute approximate surface area is 213 Å². The second kappa shape index (κ2) is 11.1. The third-order valence-corrected chi connectivity index (χ3v) is 5.78. The number of amides is 1. The molecule has 0 radical (unpaired) electrons. The van der Waals surface area contributed by atoms with Crippen LogP contribution in [0.25, 0.3) is 11.1 Å². The van der Waals surface area contributed by atoms with Gasteiger partial charge >= 0.3 is 5.97 Å². The molecule has 0 aromatic heterocycles. The molecule has 3 aromatic rings. The standard InChI is InChI=1S/C27H27NO9/c1-15-7-5-6-8-18(15)37-27(31)17-13-20(32-2)24(33-3)25(34-4)22(17)21-16(26(30)28-11-12-29)9-10-19-23(21)36-14-35-19/h5-10,13,29H,11-12,14H2,1-4H3,(H,28,30). The Morgan fingerprint density at radius 1 is 0.919 bits per heavy atom. The lowest BCUT2D eigenvalue weighted by Gasteiger charge is -2.21. The van der Waals surface area contributed by atoms with Crippen LogP contribution in [0.1, 0.15) is 26.3 Å². The molecule has 1 aliphatic rings. The lowest BCUT2D eigenvalue weighted by Crippen LogP contribution is -2.27. The van der Waals surface area contributed by atoms with Crippen molar-refractivity contribution in [3.8, 4) is 45.6 Å². The SMILES string of the molecule is COc1cc(C(=O)Oc2ccccc2C)c(-c2c(C(=O)NCCO)ccc3c2OCO3)c(OC)c1OC. The summed E-state index contributed by atoms with van der Waals surface area (Å²) in [5.74, 6) is 0.307. The predicted molar refractivity (Wildman–Crippen MR) is 133 cm³/mol. The van der Waals surface area contributed by atoms with E-state index in [4.69, 9.17) is 28.4 Å². The van der Waals surface area contributed by atoms with E-state index in [0.717, 1.165) is 5.56 Å². The van der Waals surface area contributed by atoms with Gasteiger partial charge in [-0.2, -0.15) is 0 Å². The molecule has 1 heterocycles. The summed E-state index contributed by atoms with van der Waals surface area (Å²) in [5.41, 5.74) is 1.38. The molecule has 1 aliphatic heterocycles. The van der Waals surface area contributed by atoms with Gasteiger partial charge in [0.15, 0.2) is 23.0 Å². The fourth-order valence-corrected chi connectivity index (χ4v) is 4.07. The molecule has 10 heteroatoms. The van der Waals surface area contributed by atoms with E-state index < -0.39 is 11.9 Å². The summed E-state index contributed by atoms with van der Waals surface area (Å²) in [7, 11) is 4.26. The van der Waals surface area contributed by atoms with Crippen molar-refractivity contribution in [3.05, 3.63) is 59.2 Å². The van der Waals surface area contributed by atoms with Gasteiger partial charge in [-0.15, -0.1) is 0 Å². The number of methoxy groups -OCH3 is 3. The number of carbonyl (C=O) groups excluding carboxylic acids is 2. The van der Waals surface area contributed by atoms with Crippen LogP contribution >= 0.6 is 0 Å². The van der Waals surface area contributed by atoms with Gasteiger partial charge in [0.2, 0.25) is 12.5 Å². The first-order valence-electron chi connectivity index (χ1n) is 11.4. The van der Waals surface area contributed by atoms with Gasteiger partial charge in [-0.1, -0.05) is 18.2 Å². The van der Waals surface area contributed by atoms with E-state index in [1.165, 1.54) is 27.4 Å². The third kappa shape index (κ3) is 4.83. The summed E-state index contributed by atoms with van der Waals surface area (Å²) >= 11 is 0. The Balaban J connectivity index is 2.02. The molecule has 0 saturated heterocycles. The third-order valence-electron chi connectivity index (χ3n) is 5.78. The summed E-state index contributed by atoms with van der Waals surface area (Å²) in [6.45, 7) is 1.51. The molecular formula is C27H27NO9. The van der Waals surface area contributed by atoms with Crippen LogP contribution in [-0.2, 0) is 0 Å². The van der Waals surface area contributed by atoms with Crippen molar-refractivity contribution in [2.45, 2.75) is 6.92 Å². The number of aryl methyl sites for hydroxylation is 1. The van der Waals surface area contributed by atoms with Crippen LogP contribution in [0, 0.1) is 6.92 Å². The summed E-state index contributed by atoms with van der Waals surface area (Å²) in [6, 6.07) is 11.7. The van der Waals surface area contributed by atoms with Crippen molar-refractivity contribution in [3.63, 3.8) is 0 Å². The predicted octanol–water partition coefficient (Wildman–Crippen LogP) is 3.36. The molecule has 0 unspecified atom stereocenters. The quantitative estimate of drug-likeness (QED) is 0.330. The molecule has 0 atom stereocenters. The number of ether oxygens (including phenoxy) is 6. The number of aliphatic hydroxyl groups is 1. The van der Waals surface area contributed by atoms with E-state index >= 15 is 0 Å². The average molecular weight is 510 g/mol. The van der Waals surface area contributed by atoms with Crippen molar-refractivity contribution >= 4 is 11.9 Å².